The minimum Gasteiger partial charge on any atom is -0.274 e. The fraction of sp³-hybridized carbons (Fsp3) is 0.259. The molecule has 3 nitrogen and oxygen atoms in total. The molecule has 0 saturated heterocycles. The maximum Gasteiger partial charge on any atom is 0.265 e. The first kappa shape index (κ1) is 21.3. The van der Waals surface area contributed by atoms with Crippen molar-refractivity contribution in [3.63, 3.8) is 0 Å². The van der Waals surface area contributed by atoms with Crippen molar-refractivity contribution < 1.29 is 9.59 Å². The Labute approximate surface area is 188 Å². The van der Waals surface area contributed by atoms with Gasteiger partial charge in [0.15, 0.2) is 0 Å². The average Bonchev–Trinajstić information content (AvgIpc) is 2.76. The molecule has 0 fully saturated rings. The molecule has 3 aromatic carbocycles. The minimum atomic E-state index is -0.311. The monoisotopic (exact) mass is 431 g/mol. The van der Waals surface area contributed by atoms with Crippen molar-refractivity contribution in [2.75, 3.05) is 4.90 Å². The summed E-state index contributed by atoms with van der Waals surface area (Å²) in [6.45, 7) is 6.50. The van der Waals surface area contributed by atoms with E-state index < -0.39 is 0 Å². The molecule has 0 aromatic heterocycles. The number of carbonyl (C=O) groups is 2. The van der Waals surface area contributed by atoms with E-state index in [4.69, 9.17) is 11.6 Å². The molecule has 4 heteroatoms. The first-order chi connectivity index (χ1) is 14.8. The van der Waals surface area contributed by atoms with Crippen LogP contribution in [0.4, 0.5) is 5.69 Å². The van der Waals surface area contributed by atoms with Crippen molar-refractivity contribution in [1.82, 2.24) is 0 Å². The molecule has 0 bridgehead atoms. The lowest BCUT2D eigenvalue weighted by Gasteiger charge is -2.31. The summed E-state index contributed by atoms with van der Waals surface area (Å²) in [6.07, 6.45) is 1.78. The van der Waals surface area contributed by atoms with Crippen molar-refractivity contribution in [3.8, 4) is 0 Å². The molecule has 1 aliphatic rings. The van der Waals surface area contributed by atoms with Gasteiger partial charge in [0.2, 0.25) is 5.91 Å². The maximum atomic E-state index is 13.5. The van der Waals surface area contributed by atoms with Gasteiger partial charge < -0.3 is 0 Å². The van der Waals surface area contributed by atoms with Crippen molar-refractivity contribution >= 4 is 29.1 Å². The van der Waals surface area contributed by atoms with Gasteiger partial charge in [0.05, 0.1) is 12.1 Å². The molecule has 158 valence electrons. The van der Waals surface area contributed by atoms with E-state index in [0.29, 0.717) is 22.7 Å². The van der Waals surface area contributed by atoms with E-state index in [2.05, 4.69) is 45.0 Å². The van der Waals surface area contributed by atoms with Gasteiger partial charge in [-0.05, 0) is 58.7 Å². The standard InChI is InChI=1S/C27H26ClNO2/c1-4-27(2,3)21-12-10-20(14-18-8-6-5-7-9-18)24(16-21)29-25(30)15-19-11-13-22(28)17-23(19)26(29)31/h5-13,16-17H,4,14-15H2,1-3H3. The van der Waals surface area contributed by atoms with Crippen molar-refractivity contribution in [2.45, 2.75) is 45.4 Å². The molecule has 0 N–H and O–H groups in total. The summed E-state index contributed by atoms with van der Waals surface area (Å²) < 4.78 is 0. The number of hydrogen-bond acceptors (Lipinski definition) is 2. The van der Waals surface area contributed by atoms with Crippen molar-refractivity contribution in [1.29, 1.82) is 0 Å². The van der Waals surface area contributed by atoms with Crippen LogP contribution in [0.15, 0.2) is 66.7 Å². The summed E-state index contributed by atoms with van der Waals surface area (Å²) in [5.41, 5.74) is 5.02. The Bertz CT molecular complexity index is 1150. The molecule has 0 atom stereocenters. The van der Waals surface area contributed by atoms with E-state index in [1.54, 1.807) is 18.2 Å². The van der Waals surface area contributed by atoms with Crippen LogP contribution in [0.1, 0.15) is 59.8 Å². The lowest BCUT2D eigenvalue weighted by atomic mass is 9.81. The van der Waals surface area contributed by atoms with Gasteiger partial charge >= 0.3 is 0 Å². The molecule has 0 radical (unpaired) electrons. The highest BCUT2D eigenvalue weighted by Crippen LogP contribution is 2.35. The van der Waals surface area contributed by atoms with Gasteiger partial charge in [-0.2, -0.15) is 0 Å². The quantitative estimate of drug-likeness (QED) is 0.441. The van der Waals surface area contributed by atoms with E-state index in [-0.39, 0.29) is 23.7 Å². The first-order valence-electron chi connectivity index (χ1n) is 10.6. The highest BCUT2D eigenvalue weighted by atomic mass is 35.5. The largest absolute Gasteiger partial charge is 0.274 e. The van der Waals surface area contributed by atoms with Gasteiger partial charge in [0.25, 0.3) is 5.91 Å². The highest BCUT2D eigenvalue weighted by molar-refractivity contribution is 6.32. The highest BCUT2D eigenvalue weighted by Gasteiger charge is 2.34. The van der Waals surface area contributed by atoms with Crippen LogP contribution in [0.3, 0.4) is 0 Å². The normalized spacial score (nSPS) is 14.0. The molecule has 4 rings (SSSR count). The molecule has 0 spiro atoms. The molecule has 1 heterocycles. The minimum absolute atomic E-state index is 0.0663. The second kappa shape index (κ2) is 8.32. The Morgan fingerprint density at radius 3 is 2.42 bits per heavy atom. The van der Waals surface area contributed by atoms with E-state index in [9.17, 15) is 9.59 Å². The number of amides is 2. The van der Waals surface area contributed by atoms with Crippen LogP contribution in [0.5, 0.6) is 0 Å². The number of anilines is 1. The van der Waals surface area contributed by atoms with Gasteiger partial charge in [0, 0.05) is 10.6 Å². The number of imide groups is 1. The zero-order valence-corrected chi connectivity index (χ0v) is 18.9. The van der Waals surface area contributed by atoms with Crippen LogP contribution >= 0.6 is 11.6 Å². The molecular weight excluding hydrogens is 406 g/mol. The van der Waals surface area contributed by atoms with Crippen LogP contribution in [-0.2, 0) is 23.1 Å². The molecule has 3 aromatic rings. The average molecular weight is 432 g/mol. The fourth-order valence-electron chi connectivity index (χ4n) is 3.98. The number of carbonyl (C=O) groups excluding carboxylic acids is 2. The second-order valence-electron chi connectivity index (χ2n) is 8.76. The Kier molecular flexibility index (Phi) is 5.72. The molecule has 31 heavy (non-hydrogen) atoms. The van der Waals surface area contributed by atoms with E-state index in [0.717, 1.165) is 28.7 Å². The van der Waals surface area contributed by atoms with Crippen LogP contribution in [-0.4, -0.2) is 11.8 Å². The molecule has 0 aliphatic carbocycles. The van der Waals surface area contributed by atoms with Crippen molar-refractivity contribution in [2.24, 2.45) is 0 Å². The first-order valence-corrected chi connectivity index (χ1v) is 11.0. The lowest BCUT2D eigenvalue weighted by molar-refractivity contribution is -0.117. The molecule has 0 saturated carbocycles. The summed E-state index contributed by atoms with van der Waals surface area (Å²) in [5.74, 6) is -0.518. The van der Waals surface area contributed by atoms with E-state index in [1.165, 1.54) is 4.90 Å². The van der Waals surface area contributed by atoms with Gasteiger partial charge in [-0.25, -0.2) is 4.90 Å². The zero-order valence-electron chi connectivity index (χ0n) is 18.1. The lowest BCUT2D eigenvalue weighted by Crippen LogP contribution is -2.43. The maximum absolute atomic E-state index is 13.5. The summed E-state index contributed by atoms with van der Waals surface area (Å²) >= 11 is 6.16. The predicted octanol–water partition coefficient (Wildman–Crippen LogP) is 6.35. The predicted molar refractivity (Wildman–Crippen MR) is 126 cm³/mol. The van der Waals surface area contributed by atoms with Crippen LogP contribution in [0.2, 0.25) is 5.02 Å². The molecular formula is C27H26ClNO2. The smallest absolute Gasteiger partial charge is 0.265 e. The third kappa shape index (κ3) is 4.15. The number of nitrogens with zero attached hydrogens (tertiary/aromatic N) is 1. The molecule has 0 unspecified atom stereocenters. The van der Waals surface area contributed by atoms with Crippen LogP contribution in [0.25, 0.3) is 0 Å². The summed E-state index contributed by atoms with van der Waals surface area (Å²) in [7, 11) is 0. The van der Waals surface area contributed by atoms with Crippen LogP contribution in [0, 0.1) is 0 Å². The SMILES string of the molecule is CCC(C)(C)c1ccc(Cc2ccccc2)c(N2C(=O)Cc3ccc(Cl)cc3C2=O)c1. The molecule has 1 aliphatic heterocycles. The number of fused-ring (bicyclic) bond motifs is 1. The molecule has 2 amide bonds. The third-order valence-electron chi connectivity index (χ3n) is 6.33. The van der Waals surface area contributed by atoms with E-state index in [1.807, 2.05) is 24.3 Å². The Morgan fingerprint density at radius 2 is 1.71 bits per heavy atom. The van der Waals surface area contributed by atoms with Crippen molar-refractivity contribution in [3.05, 3.63) is 99.6 Å². The van der Waals surface area contributed by atoms with E-state index >= 15 is 0 Å². The van der Waals surface area contributed by atoms with Crippen LogP contribution < -0.4 is 4.90 Å². The summed E-state index contributed by atoms with van der Waals surface area (Å²) in [4.78, 5) is 28.0. The summed E-state index contributed by atoms with van der Waals surface area (Å²) in [6, 6.07) is 21.5. The third-order valence-corrected chi connectivity index (χ3v) is 6.56. The van der Waals surface area contributed by atoms with Gasteiger partial charge in [-0.1, -0.05) is 80.9 Å². The topological polar surface area (TPSA) is 37.4 Å². The number of benzene rings is 3. The Balaban J connectivity index is 1.85. The number of rotatable bonds is 5. The fourth-order valence-corrected chi connectivity index (χ4v) is 4.16. The van der Waals surface area contributed by atoms with Gasteiger partial charge in [-0.3, -0.25) is 9.59 Å². The number of hydrogen-bond donors (Lipinski definition) is 0. The second-order valence-corrected chi connectivity index (χ2v) is 9.19. The summed E-state index contributed by atoms with van der Waals surface area (Å²) in [5, 5.41) is 0.492. The zero-order chi connectivity index (χ0) is 22.2. The Morgan fingerprint density at radius 1 is 0.968 bits per heavy atom. The number of halogens is 1. The van der Waals surface area contributed by atoms with Gasteiger partial charge in [-0.15, -0.1) is 0 Å². The van der Waals surface area contributed by atoms with Gasteiger partial charge in [0.1, 0.15) is 0 Å². The Hall–Kier alpha value is -2.91.